The van der Waals surface area contributed by atoms with Crippen LogP contribution in [0.4, 0.5) is 0 Å². The number of amides is 2. The molecule has 2 amide bonds. The van der Waals surface area contributed by atoms with E-state index < -0.39 is 5.91 Å². The highest BCUT2D eigenvalue weighted by Gasteiger charge is 2.42. The van der Waals surface area contributed by atoms with E-state index >= 15 is 0 Å². The van der Waals surface area contributed by atoms with Gasteiger partial charge < -0.3 is 10.6 Å². The van der Waals surface area contributed by atoms with Gasteiger partial charge in [-0.2, -0.15) is 0 Å². The minimum atomic E-state index is -0.432. The largest absolute Gasteiger partial charge is 0.366 e. The number of fused-ring (bicyclic) bond motifs is 1. The Hall–Kier alpha value is -2.43. The van der Waals surface area contributed by atoms with Crippen molar-refractivity contribution in [1.82, 2.24) is 9.88 Å². The van der Waals surface area contributed by atoms with Crippen LogP contribution in [0.5, 0.6) is 0 Å². The number of nitrogens with two attached hydrogens (primary N) is 1. The van der Waals surface area contributed by atoms with E-state index in [1.165, 1.54) is 0 Å². The van der Waals surface area contributed by atoms with Crippen LogP contribution in [0.1, 0.15) is 48.2 Å². The van der Waals surface area contributed by atoms with Gasteiger partial charge in [-0.05, 0) is 37.3 Å². The predicted octanol–water partition coefficient (Wildman–Crippen LogP) is 2.70. The fourth-order valence-electron chi connectivity index (χ4n) is 3.91. The molecule has 1 aliphatic carbocycles. The molecule has 0 spiro atoms. The number of carbonyl (C=O) groups is 2. The molecule has 1 aromatic heterocycles. The number of nitrogens with zero attached hydrogens (tertiary/aromatic N) is 2. The molecule has 0 bridgehead atoms. The first-order chi connectivity index (χ1) is 12.0. The second-order valence-electron chi connectivity index (χ2n) is 7.40. The highest BCUT2D eigenvalue weighted by molar-refractivity contribution is 5.97. The Labute approximate surface area is 147 Å². The molecule has 0 unspecified atom stereocenters. The maximum absolute atomic E-state index is 12.4. The van der Waals surface area contributed by atoms with Crippen LogP contribution in [0.3, 0.4) is 0 Å². The van der Waals surface area contributed by atoms with E-state index in [0.717, 1.165) is 48.9 Å². The quantitative estimate of drug-likeness (QED) is 0.935. The number of piperidine rings is 1. The summed E-state index contributed by atoms with van der Waals surface area (Å²) in [6.45, 7) is 3.60. The molecule has 2 aliphatic rings. The second-order valence-corrected chi connectivity index (χ2v) is 7.40. The van der Waals surface area contributed by atoms with Crippen molar-refractivity contribution < 1.29 is 9.59 Å². The molecule has 0 radical (unpaired) electrons. The smallest absolute Gasteiger partial charge is 0.250 e. The Morgan fingerprint density at radius 1 is 1.20 bits per heavy atom. The van der Waals surface area contributed by atoms with Crippen LogP contribution < -0.4 is 5.73 Å². The van der Waals surface area contributed by atoms with Crippen LogP contribution >= 0.6 is 0 Å². The highest BCUT2D eigenvalue weighted by atomic mass is 16.2. The first kappa shape index (κ1) is 16.1. The summed E-state index contributed by atoms with van der Waals surface area (Å²) in [5, 5.41) is 0.926. The van der Waals surface area contributed by atoms with E-state index in [0.29, 0.717) is 17.4 Å². The summed E-state index contributed by atoms with van der Waals surface area (Å²) in [6, 6.07) is 9.62. The van der Waals surface area contributed by atoms with E-state index in [4.69, 9.17) is 10.7 Å². The van der Waals surface area contributed by atoms with Crippen LogP contribution in [0.15, 0.2) is 30.3 Å². The van der Waals surface area contributed by atoms with E-state index in [1.54, 1.807) is 0 Å². The molecule has 5 nitrogen and oxygen atoms in total. The fourth-order valence-corrected chi connectivity index (χ4v) is 3.91. The fraction of sp³-hybridized carbons (Fsp3) is 0.450. The van der Waals surface area contributed by atoms with Crippen molar-refractivity contribution in [1.29, 1.82) is 0 Å². The summed E-state index contributed by atoms with van der Waals surface area (Å²) in [4.78, 5) is 31.1. The third-order valence-corrected chi connectivity index (χ3v) is 5.64. The number of aromatic nitrogens is 1. The number of hydrogen-bond donors (Lipinski definition) is 1. The molecule has 1 aromatic carbocycles. The zero-order valence-corrected chi connectivity index (χ0v) is 14.4. The topological polar surface area (TPSA) is 76.3 Å². The van der Waals surface area contributed by atoms with Crippen molar-refractivity contribution >= 4 is 22.7 Å². The van der Waals surface area contributed by atoms with Crippen LogP contribution in [-0.2, 0) is 4.79 Å². The highest BCUT2D eigenvalue weighted by Crippen LogP contribution is 2.40. The predicted molar refractivity (Wildman–Crippen MR) is 96.1 cm³/mol. The number of primary amides is 1. The molecule has 4 rings (SSSR count). The molecule has 2 atom stereocenters. The van der Waals surface area contributed by atoms with Gasteiger partial charge in [-0.15, -0.1) is 0 Å². The first-order valence-corrected chi connectivity index (χ1v) is 9.03. The lowest BCUT2D eigenvalue weighted by atomic mass is 9.89. The summed E-state index contributed by atoms with van der Waals surface area (Å²) >= 11 is 0. The lowest BCUT2D eigenvalue weighted by molar-refractivity contribution is -0.133. The number of pyridine rings is 1. The molecule has 1 aliphatic heterocycles. The van der Waals surface area contributed by atoms with Crippen LogP contribution in [-0.4, -0.2) is 34.8 Å². The minimum Gasteiger partial charge on any atom is -0.366 e. The van der Waals surface area contributed by atoms with E-state index in [1.807, 2.05) is 35.2 Å². The summed E-state index contributed by atoms with van der Waals surface area (Å²) in [7, 11) is 0. The first-order valence-electron chi connectivity index (χ1n) is 9.03. The Bertz CT molecular complexity index is 840. The van der Waals surface area contributed by atoms with Gasteiger partial charge in [0.05, 0.1) is 16.8 Å². The molecule has 1 saturated heterocycles. The monoisotopic (exact) mass is 337 g/mol. The van der Waals surface area contributed by atoms with Crippen molar-refractivity contribution in [2.24, 2.45) is 17.6 Å². The van der Waals surface area contributed by atoms with Gasteiger partial charge in [0, 0.05) is 30.3 Å². The minimum absolute atomic E-state index is 0.174. The van der Waals surface area contributed by atoms with Crippen LogP contribution in [0.2, 0.25) is 0 Å². The molecule has 5 heteroatoms. The Kier molecular flexibility index (Phi) is 3.94. The Balaban J connectivity index is 1.57. The van der Waals surface area contributed by atoms with Crippen molar-refractivity contribution in [3.63, 3.8) is 0 Å². The number of benzene rings is 1. The molecule has 1 saturated carbocycles. The third kappa shape index (κ3) is 2.99. The lowest BCUT2D eigenvalue weighted by Gasteiger charge is -2.32. The SMILES string of the molecule is C[C@@H]1C[C@@H]1C(=O)N1CCC(c2nc3ccccc3cc2C(N)=O)CC1. The molecule has 2 fully saturated rings. The van der Waals surface area contributed by atoms with Gasteiger partial charge in [0.2, 0.25) is 5.91 Å². The van der Waals surface area contributed by atoms with Gasteiger partial charge in [0.1, 0.15) is 0 Å². The normalized spacial score (nSPS) is 23.6. The summed E-state index contributed by atoms with van der Waals surface area (Å²) in [5.41, 5.74) is 7.79. The summed E-state index contributed by atoms with van der Waals surface area (Å²) in [5.74, 6) is 0.809. The van der Waals surface area contributed by atoms with Crippen molar-refractivity contribution in [2.75, 3.05) is 13.1 Å². The maximum atomic E-state index is 12.4. The number of carbonyl (C=O) groups excluding carboxylic acids is 2. The molecule has 2 heterocycles. The van der Waals surface area contributed by atoms with Gasteiger partial charge in [0.25, 0.3) is 5.91 Å². The number of para-hydroxylation sites is 1. The van der Waals surface area contributed by atoms with Crippen molar-refractivity contribution in [3.8, 4) is 0 Å². The van der Waals surface area contributed by atoms with Crippen LogP contribution in [0.25, 0.3) is 10.9 Å². The molecule has 130 valence electrons. The van der Waals surface area contributed by atoms with Gasteiger partial charge in [-0.3, -0.25) is 14.6 Å². The van der Waals surface area contributed by atoms with Gasteiger partial charge in [-0.25, -0.2) is 0 Å². The Morgan fingerprint density at radius 3 is 2.52 bits per heavy atom. The van der Waals surface area contributed by atoms with E-state index in [-0.39, 0.29) is 11.8 Å². The molecule has 25 heavy (non-hydrogen) atoms. The number of rotatable bonds is 3. The summed E-state index contributed by atoms with van der Waals surface area (Å²) < 4.78 is 0. The molecule has 2 aromatic rings. The second kappa shape index (κ2) is 6.14. The van der Waals surface area contributed by atoms with Crippen LogP contribution in [0, 0.1) is 11.8 Å². The summed E-state index contributed by atoms with van der Waals surface area (Å²) in [6.07, 6.45) is 2.69. The zero-order chi connectivity index (χ0) is 17.6. The Morgan fingerprint density at radius 2 is 1.88 bits per heavy atom. The van der Waals surface area contributed by atoms with Crippen molar-refractivity contribution in [2.45, 2.75) is 32.1 Å². The zero-order valence-electron chi connectivity index (χ0n) is 14.4. The molecular formula is C20H23N3O2. The van der Waals surface area contributed by atoms with Gasteiger partial charge in [-0.1, -0.05) is 25.1 Å². The average molecular weight is 337 g/mol. The van der Waals surface area contributed by atoms with Gasteiger partial charge in [0.15, 0.2) is 0 Å². The van der Waals surface area contributed by atoms with Gasteiger partial charge >= 0.3 is 0 Å². The third-order valence-electron chi connectivity index (χ3n) is 5.64. The van der Waals surface area contributed by atoms with E-state index in [9.17, 15) is 9.59 Å². The van der Waals surface area contributed by atoms with Crippen molar-refractivity contribution in [3.05, 3.63) is 41.6 Å². The molecule has 2 N–H and O–H groups in total. The lowest BCUT2D eigenvalue weighted by Crippen LogP contribution is -2.39. The standard InChI is InChI=1S/C20H23N3O2/c1-12-10-15(12)20(25)23-8-6-13(7-9-23)18-16(19(21)24)11-14-4-2-3-5-17(14)22-18/h2-5,11-13,15H,6-10H2,1H3,(H2,21,24)/t12-,15+/m1/s1. The van der Waals surface area contributed by atoms with E-state index in [2.05, 4.69) is 6.92 Å². The number of hydrogen-bond acceptors (Lipinski definition) is 3. The number of likely N-dealkylation sites (tertiary alicyclic amines) is 1. The molecular weight excluding hydrogens is 314 g/mol. The maximum Gasteiger partial charge on any atom is 0.250 e. The average Bonchev–Trinajstić information content (AvgIpc) is 3.36.